The number of rotatable bonds is 6. The maximum Gasteiger partial charge on any atom is 0.311 e. The quantitative estimate of drug-likeness (QED) is 0.766. The zero-order valence-electron chi connectivity index (χ0n) is 11.6. The van der Waals surface area contributed by atoms with Gasteiger partial charge in [0.1, 0.15) is 10.8 Å². The minimum Gasteiger partial charge on any atom is -0.493 e. The van der Waals surface area contributed by atoms with Crippen LogP contribution in [0.1, 0.15) is 19.5 Å². The zero-order valence-corrected chi connectivity index (χ0v) is 12.4. The first-order valence-corrected chi connectivity index (χ1v) is 7.44. The van der Waals surface area contributed by atoms with E-state index in [9.17, 15) is 4.79 Å². The van der Waals surface area contributed by atoms with Gasteiger partial charge in [-0.3, -0.25) is 4.79 Å². The van der Waals surface area contributed by atoms with Crippen LogP contribution in [0.3, 0.4) is 0 Å². The highest BCUT2D eigenvalue weighted by molar-refractivity contribution is 7.13. The summed E-state index contributed by atoms with van der Waals surface area (Å²) in [5.41, 5.74) is 1.68. The van der Waals surface area contributed by atoms with Crippen molar-refractivity contribution in [3.63, 3.8) is 0 Å². The highest BCUT2D eigenvalue weighted by Gasteiger charge is 2.12. The van der Waals surface area contributed by atoms with Gasteiger partial charge in [0.2, 0.25) is 0 Å². The molecule has 2 aromatic rings. The molecule has 1 aromatic carbocycles. The molecule has 0 bridgehead atoms. The highest BCUT2D eigenvalue weighted by Crippen LogP contribution is 2.32. The first-order valence-electron chi connectivity index (χ1n) is 6.56. The van der Waals surface area contributed by atoms with E-state index >= 15 is 0 Å². The van der Waals surface area contributed by atoms with E-state index in [1.54, 1.807) is 6.92 Å². The van der Waals surface area contributed by atoms with E-state index in [-0.39, 0.29) is 12.4 Å². The molecule has 0 saturated carbocycles. The Kier molecular flexibility index (Phi) is 5.12. The number of benzene rings is 1. The fourth-order valence-electron chi connectivity index (χ4n) is 1.80. The second kappa shape index (κ2) is 7.05. The summed E-state index contributed by atoms with van der Waals surface area (Å²) < 4.78 is 10.5. The van der Waals surface area contributed by atoms with E-state index < -0.39 is 0 Å². The molecule has 0 saturated heterocycles. The molecule has 0 amide bonds. The number of thiazole rings is 1. The normalized spacial score (nSPS) is 10.3. The number of para-hydroxylation sites is 1. The average molecular weight is 291 g/mol. The zero-order chi connectivity index (χ0) is 14.4. The summed E-state index contributed by atoms with van der Waals surface area (Å²) >= 11 is 1.50. The molecule has 0 aliphatic heterocycles. The molecular weight excluding hydrogens is 274 g/mol. The van der Waals surface area contributed by atoms with Gasteiger partial charge in [-0.1, -0.05) is 12.1 Å². The minimum atomic E-state index is -0.248. The summed E-state index contributed by atoms with van der Waals surface area (Å²) in [7, 11) is 0. The van der Waals surface area contributed by atoms with Crippen molar-refractivity contribution in [1.29, 1.82) is 0 Å². The van der Waals surface area contributed by atoms with Crippen molar-refractivity contribution in [2.24, 2.45) is 0 Å². The predicted molar refractivity (Wildman–Crippen MR) is 79.1 cm³/mol. The van der Waals surface area contributed by atoms with Crippen molar-refractivity contribution in [3.05, 3.63) is 35.3 Å². The summed E-state index contributed by atoms with van der Waals surface area (Å²) in [6, 6.07) is 7.77. The summed E-state index contributed by atoms with van der Waals surface area (Å²) in [6.07, 6.45) is 0.209. The number of carbonyl (C=O) groups excluding carboxylic acids is 1. The van der Waals surface area contributed by atoms with Gasteiger partial charge in [-0.15, -0.1) is 11.3 Å². The molecule has 2 rings (SSSR count). The first kappa shape index (κ1) is 14.5. The van der Waals surface area contributed by atoms with Gasteiger partial charge in [-0.2, -0.15) is 0 Å². The SMILES string of the molecule is CCOC(=O)Cc1csc(-c2ccccc2OCC)n1. The molecule has 20 heavy (non-hydrogen) atoms. The lowest BCUT2D eigenvalue weighted by molar-refractivity contribution is -0.142. The van der Waals surface area contributed by atoms with Crippen LogP contribution in [0.2, 0.25) is 0 Å². The molecule has 0 atom stereocenters. The molecule has 0 spiro atoms. The molecule has 0 fully saturated rings. The molecule has 1 heterocycles. The van der Waals surface area contributed by atoms with Crippen LogP contribution in [0.5, 0.6) is 5.75 Å². The lowest BCUT2D eigenvalue weighted by Gasteiger charge is -2.07. The summed E-state index contributed by atoms with van der Waals surface area (Å²) in [6.45, 7) is 4.74. The van der Waals surface area contributed by atoms with Crippen LogP contribution in [-0.4, -0.2) is 24.2 Å². The summed E-state index contributed by atoms with van der Waals surface area (Å²) in [4.78, 5) is 15.9. The maximum atomic E-state index is 11.4. The second-order valence-corrected chi connectivity index (χ2v) is 4.91. The van der Waals surface area contributed by atoms with E-state index in [1.165, 1.54) is 11.3 Å². The standard InChI is InChI=1S/C15H17NO3S/c1-3-18-13-8-6-5-7-12(13)15-16-11(10-20-15)9-14(17)19-4-2/h5-8,10H,3-4,9H2,1-2H3. The Morgan fingerprint density at radius 3 is 2.80 bits per heavy atom. The van der Waals surface area contributed by atoms with Crippen molar-refractivity contribution in [2.45, 2.75) is 20.3 Å². The molecule has 0 N–H and O–H groups in total. The van der Waals surface area contributed by atoms with Crippen molar-refractivity contribution in [2.75, 3.05) is 13.2 Å². The second-order valence-electron chi connectivity index (χ2n) is 4.05. The third-order valence-electron chi connectivity index (χ3n) is 2.60. The van der Waals surface area contributed by atoms with Crippen molar-refractivity contribution < 1.29 is 14.3 Å². The molecule has 0 aliphatic rings. The van der Waals surface area contributed by atoms with Crippen LogP contribution >= 0.6 is 11.3 Å². The molecule has 106 valence electrons. The average Bonchev–Trinajstić information content (AvgIpc) is 2.88. The monoisotopic (exact) mass is 291 g/mol. The number of carbonyl (C=O) groups is 1. The Morgan fingerprint density at radius 1 is 1.25 bits per heavy atom. The summed E-state index contributed by atoms with van der Waals surface area (Å²) in [5, 5.41) is 2.74. The van der Waals surface area contributed by atoms with Crippen LogP contribution in [0.15, 0.2) is 29.6 Å². The van der Waals surface area contributed by atoms with Gasteiger partial charge in [0.25, 0.3) is 0 Å². The molecule has 1 aromatic heterocycles. The van der Waals surface area contributed by atoms with E-state index in [4.69, 9.17) is 9.47 Å². The van der Waals surface area contributed by atoms with E-state index in [1.807, 2.05) is 36.6 Å². The third kappa shape index (κ3) is 3.57. The van der Waals surface area contributed by atoms with Crippen LogP contribution < -0.4 is 4.74 Å². The summed E-state index contributed by atoms with van der Waals surface area (Å²) in [5.74, 6) is 0.564. The van der Waals surface area contributed by atoms with Gasteiger partial charge in [-0.05, 0) is 26.0 Å². The molecule has 0 unspecified atom stereocenters. The third-order valence-corrected chi connectivity index (χ3v) is 3.52. The molecule has 0 aliphatic carbocycles. The lowest BCUT2D eigenvalue weighted by atomic mass is 10.2. The molecule has 5 heteroatoms. The predicted octanol–water partition coefficient (Wildman–Crippen LogP) is 3.31. The Morgan fingerprint density at radius 2 is 2.05 bits per heavy atom. The number of hydrogen-bond acceptors (Lipinski definition) is 5. The van der Waals surface area contributed by atoms with Crippen molar-refractivity contribution >= 4 is 17.3 Å². The Hall–Kier alpha value is -1.88. The minimum absolute atomic E-state index is 0.209. The van der Waals surface area contributed by atoms with E-state index in [0.29, 0.717) is 13.2 Å². The molecular formula is C15H17NO3S. The number of ether oxygens (including phenoxy) is 2. The number of esters is 1. The van der Waals surface area contributed by atoms with Crippen LogP contribution in [0.25, 0.3) is 10.6 Å². The topological polar surface area (TPSA) is 48.4 Å². The number of nitrogens with zero attached hydrogens (tertiary/aromatic N) is 1. The lowest BCUT2D eigenvalue weighted by Crippen LogP contribution is -2.07. The van der Waals surface area contributed by atoms with Crippen LogP contribution in [0, 0.1) is 0 Å². The first-order chi connectivity index (χ1) is 9.74. The van der Waals surface area contributed by atoms with Crippen molar-refractivity contribution in [3.8, 4) is 16.3 Å². The van der Waals surface area contributed by atoms with Crippen molar-refractivity contribution in [1.82, 2.24) is 4.98 Å². The number of aromatic nitrogens is 1. The fourth-order valence-corrected chi connectivity index (χ4v) is 2.65. The van der Waals surface area contributed by atoms with Gasteiger partial charge in [0.05, 0.1) is 30.9 Å². The Balaban J connectivity index is 2.18. The van der Waals surface area contributed by atoms with Gasteiger partial charge in [0.15, 0.2) is 0 Å². The maximum absolute atomic E-state index is 11.4. The van der Waals surface area contributed by atoms with E-state index in [2.05, 4.69) is 4.98 Å². The fraction of sp³-hybridized carbons (Fsp3) is 0.333. The highest BCUT2D eigenvalue weighted by atomic mass is 32.1. The largest absolute Gasteiger partial charge is 0.493 e. The van der Waals surface area contributed by atoms with E-state index in [0.717, 1.165) is 22.0 Å². The smallest absolute Gasteiger partial charge is 0.311 e. The van der Waals surface area contributed by atoms with Crippen LogP contribution in [0.4, 0.5) is 0 Å². The number of hydrogen-bond donors (Lipinski definition) is 0. The van der Waals surface area contributed by atoms with Gasteiger partial charge < -0.3 is 9.47 Å². The molecule has 0 radical (unpaired) electrons. The van der Waals surface area contributed by atoms with Gasteiger partial charge in [0, 0.05) is 5.38 Å². The Bertz CT molecular complexity index is 580. The van der Waals surface area contributed by atoms with Gasteiger partial charge >= 0.3 is 5.97 Å². The van der Waals surface area contributed by atoms with Gasteiger partial charge in [-0.25, -0.2) is 4.98 Å². The van der Waals surface area contributed by atoms with Crippen LogP contribution in [-0.2, 0) is 16.0 Å². The molecule has 4 nitrogen and oxygen atoms in total. The Labute approximate surface area is 122 Å².